The quantitative estimate of drug-likeness (QED) is 0.933. The second-order valence-corrected chi connectivity index (χ2v) is 7.07. The van der Waals surface area contributed by atoms with Crippen molar-refractivity contribution in [3.63, 3.8) is 0 Å². The third-order valence-corrected chi connectivity index (χ3v) is 5.61. The Morgan fingerprint density at radius 2 is 2.19 bits per heavy atom. The molecule has 1 aromatic rings. The number of thiophene rings is 1. The highest BCUT2D eigenvalue weighted by Gasteiger charge is 2.31. The van der Waals surface area contributed by atoms with E-state index >= 15 is 0 Å². The zero-order valence-electron chi connectivity index (χ0n) is 12.2. The minimum absolute atomic E-state index is 0.00297. The normalized spacial score (nSPS) is 25.9. The maximum atomic E-state index is 12.2. The first-order valence-corrected chi connectivity index (χ1v) is 8.64. The number of fused-ring (bicyclic) bond motifs is 1. The predicted octanol–water partition coefficient (Wildman–Crippen LogP) is 3.07. The summed E-state index contributed by atoms with van der Waals surface area (Å²) in [6, 6.07) is 3.85. The number of likely N-dealkylation sites (tertiary alicyclic amines) is 1. The predicted molar refractivity (Wildman–Crippen MR) is 84.2 cm³/mol. The zero-order chi connectivity index (χ0) is 14.7. The minimum atomic E-state index is 0.00297. The van der Waals surface area contributed by atoms with Gasteiger partial charge in [0.15, 0.2) is 0 Å². The van der Waals surface area contributed by atoms with E-state index in [-0.39, 0.29) is 5.91 Å². The van der Waals surface area contributed by atoms with E-state index in [0.29, 0.717) is 17.1 Å². The lowest BCUT2D eigenvalue weighted by molar-refractivity contribution is -0.118. The average Bonchev–Trinajstić information content (AvgIpc) is 2.94. The number of nitrogens with one attached hydrogen (secondary N) is 1. The van der Waals surface area contributed by atoms with Gasteiger partial charge in [0.05, 0.1) is 12.1 Å². The molecule has 1 N–H and O–H groups in total. The van der Waals surface area contributed by atoms with E-state index in [0.717, 1.165) is 24.9 Å². The fourth-order valence-corrected chi connectivity index (χ4v) is 4.44. The van der Waals surface area contributed by atoms with Crippen molar-refractivity contribution in [1.29, 1.82) is 5.26 Å². The average molecular weight is 303 g/mol. The van der Waals surface area contributed by atoms with Crippen LogP contribution in [0.3, 0.4) is 0 Å². The molecule has 0 unspecified atom stereocenters. The summed E-state index contributed by atoms with van der Waals surface area (Å²) in [5.41, 5.74) is 0.555. The Hall–Kier alpha value is -1.38. The second kappa shape index (κ2) is 6.59. The number of carbonyl (C=O) groups excluding carboxylic acids is 1. The van der Waals surface area contributed by atoms with Crippen LogP contribution < -0.4 is 5.32 Å². The molecule has 1 aromatic heterocycles. The van der Waals surface area contributed by atoms with Crippen molar-refractivity contribution in [2.45, 2.75) is 32.1 Å². The Morgan fingerprint density at radius 3 is 3.00 bits per heavy atom. The van der Waals surface area contributed by atoms with Gasteiger partial charge in [-0.1, -0.05) is 19.3 Å². The molecule has 4 nitrogen and oxygen atoms in total. The Labute approximate surface area is 129 Å². The molecule has 1 amide bonds. The second-order valence-electron chi connectivity index (χ2n) is 6.15. The number of rotatable bonds is 3. The zero-order valence-corrected chi connectivity index (χ0v) is 13.0. The molecule has 0 spiro atoms. The van der Waals surface area contributed by atoms with Crippen LogP contribution in [0.2, 0.25) is 0 Å². The summed E-state index contributed by atoms with van der Waals surface area (Å²) in [4.78, 5) is 14.4. The fraction of sp³-hybridized carbons (Fsp3) is 0.625. The molecule has 2 aliphatic rings. The molecule has 21 heavy (non-hydrogen) atoms. The highest BCUT2D eigenvalue weighted by atomic mass is 32.1. The molecule has 0 aromatic carbocycles. The molecule has 1 saturated carbocycles. The van der Waals surface area contributed by atoms with E-state index in [1.165, 1.54) is 43.4 Å². The fourth-order valence-electron chi connectivity index (χ4n) is 3.68. The van der Waals surface area contributed by atoms with Crippen molar-refractivity contribution >= 4 is 22.2 Å². The van der Waals surface area contributed by atoms with Crippen molar-refractivity contribution in [3.05, 3.63) is 17.0 Å². The van der Waals surface area contributed by atoms with Gasteiger partial charge >= 0.3 is 0 Å². The number of nitrogens with zero attached hydrogens (tertiary/aromatic N) is 2. The van der Waals surface area contributed by atoms with Crippen LogP contribution in [0.4, 0.5) is 5.00 Å². The van der Waals surface area contributed by atoms with Gasteiger partial charge < -0.3 is 5.32 Å². The van der Waals surface area contributed by atoms with E-state index in [1.807, 2.05) is 5.38 Å². The number of carbonyl (C=O) groups is 1. The van der Waals surface area contributed by atoms with E-state index in [4.69, 9.17) is 5.26 Å². The van der Waals surface area contributed by atoms with Gasteiger partial charge in [0.2, 0.25) is 5.91 Å². The Morgan fingerprint density at radius 1 is 1.38 bits per heavy atom. The van der Waals surface area contributed by atoms with Crippen LogP contribution in [-0.4, -0.2) is 30.4 Å². The van der Waals surface area contributed by atoms with Gasteiger partial charge in [-0.25, -0.2) is 0 Å². The van der Waals surface area contributed by atoms with Crippen LogP contribution in [0.5, 0.6) is 0 Å². The Kier molecular flexibility index (Phi) is 4.57. The molecule has 0 radical (unpaired) electrons. The van der Waals surface area contributed by atoms with Crippen molar-refractivity contribution < 1.29 is 4.79 Å². The molecule has 1 aliphatic heterocycles. The molecule has 1 aliphatic carbocycles. The molecule has 112 valence electrons. The lowest BCUT2D eigenvalue weighted by atomic mass is 9.75. The monoisotopic (exact) mass is 303 g/mol. The number of amides is 1. The largest absolute Gasteiger partial charge is 0.315 e. The van der Waals surface area contributed by atoms with Gasteiger partial charge in [-0.3, -0.25) is 9.69 Å². The maximum absolute atomic E-state index is 12.2. The lowest BCUT2D eigenvalue weighted by Crippen LogP contribution is -2.44. The van der Waals surface area contributed by atoms with Gasteiger partial charge in [-0.05, 0) is 42.7 Å². The summed E-state index contributed by atoms with van der Waals surface area (Å²) in [6.07, 6.45) is 6.68. The summed E-state index contributed by atoms with van der Waals surface area (Å²) >= 11 is 1.41. The first-order valence-electron chi connectivity index (χ1n) is 7.76. The van der Waals surface area contributed by atoms with Crippen LogP contribution in [0.15, 0.2) is 11.4 Å². The number of nitriles is 1. The van der Waals surface area contributed by atoms with Crippen LogP contribution >= 0.6 is 11.3 Å². The lowest BCUT2D eigenvalue weighted by Gasteiger charge is -2.41. The smallest absolute Gasteiger partial charge is 0.239 e. The number of hydrogen-bond donors (Lipinski definition) is 1. The summed E-state index contributed by atoms with van der Waals surface area (Å²) in [5.74, 6) is 1.68. The number of hydrogen-bond acceptors (Lipinski definition) is 4. The number of anilines is 1. The van der Waals surface area contributed by atoms with Crippen molar-refractivity contribution in [2.75, 3.05) is 25.0 Å². The summed E-state index contributed by atoms with van der Waals surface area (Å²) < 4.78 is 0. The van der Waals surface area contributed by atoms with E-state index in [9.17, 15) is 4.79 Å². The third kappa shape index (κ3) is 3.45. The summed E-state index contributed by atoms with van der Waals surface area (Å²) in [5, 5.41) is 14.4. The molecular formula is C16H21N3OS. The van der Waals surface area contributed by atoms with E-state index in [1.54, 1.807) is 6.07 Å². The molecular weight excluding hydrogens is 282 g/mol. The molecule has 5 heteroatoms. The van der Waals surface area contributed by atoms with Gasteiger partial charge in [0.25, 0.3) is 0 Å². The topological polar surface area (TPSA) is 56.1 Å². The van der Waals surface area contributed by atoms with E-state index in [2.05, 4.69) is 16.3 Å². The van der Waals surface area contributed by atoms with Gasteiger partial charge in [-0.2, -0.15) is 5.26 Å². The van der Waals surface area contributed by atoms with Crippen molar-refractivity contribution in [2.24, 2.45) is 11.8 Å². The Bertz CT molecular complexity index is 548. The molecule has 3 rings (SSSR count). The van der Waals surface area contributed by atoms with Gasteiger partial charge in [0.1, 0.15) is 11.1 Å². The first-order chi connectivity index (χ1) is 10.3. The SMILES string of the molecule is N#Cc1ccsc1NC(=O)CN1CC[C@H]2CCCC[C@@H]2C1. The van der Waals surface area contributed by atoms with Crippen LogP contribution in [0.25, 0.3) is 0 Å². The molecule has 2 heterocycles. The molecule has 2 atom stereocenters. The van der Waals surface area contributed by atoms with Crippen molar-refractivity contribution in [1.82, 2.24) is 4.90 Å². The van der Waals surface area contributed by atoms with Crippen LogP contribution in [-0.2, 0) is 4.79 Å². The van der Waals surface area contributed by atoms with Crippen LogP contribution in [0.1, 0.15) is 37.7 Å². The minimum Gasteiger partial charge on any atom is -0.315 e. The third-order valence-electron chi connectivity index (χ3n) is 4.78. The van der Waals surface area contributed by atoms with E-state index < -0.39 is 0 Å². The van der Waals surface area contributed by atoms with Gasteiger partial charge in [0, 0.05) is 6.54 Å². The highest BCUT2D eigenvalue weighted by Crippen LogP contribution is 2.35. The van der Waals surface area contributed by atoms with Crippen LogP contribution in [0, 0.1) is 23.2 Å². The Balaban J connectivity index is 1.52. The van der Waals surface area contributed by atoms with Gasteiger partial charge in [-0.15, -0.1) is 11.3 Å². The maximum Gasteiger partial charge on any atom is 0.239 e. The molecule has 0 bridgehead atoms. The summed E-state index contributed by atoms with van der Waals surface area (Å²) in [7, 11) is 0. The van der Waals surface area contributed by atoms with Crippen molar-refractivity contribution in [3.8, 4) is 6.07 Å². The molecule has 1 saturated heterocycles. The first kappa shape index (κ1) is 14.6. The highest BCUT2D eigenvalue weighted by molar-refractivity contribution is 7.14. The summed E-state index contributed by atoms with van der Waals surface area (Å²) in [6.45, 7) is 2.55. The standard InChI is InChI=1S/C16H21N3OS/c17-9-13-6-8-21-16(13)18-15(20)11-19-7-5-12-3-1-2-4-14(12)10-19/h6,8,12,14H,1-5,7,10-11H2,(H,18,20)/t12-,14-/m1/s1. The number of piperidine rings is 1. The molecule has 2 fully saturated rings.